The maximum absolute atomic E-state index is 12.8. The highest BCUT2D eigenvalue weighted by Gasteiger charge is 2.34. The molecule has 0 saturated carbocycles. The Morgan fingerprint density at radius 3 is 2.43 bits per heavy atom. The zero-order valence-electron chi connectivity index (χ0n) is 7.27. The Hall–Kier alpha value is -0.380. The lowest BCUT2D eigenvalue weighted by molar-refractivity contribution is -0.0953. The van der Waals surface area contributed by atoms with Gasteiger partial charge in [-0.1, -0.05) is 23.2 Å². The van der Waals surface area contributed by atoms with Gasteiger partial charge in [0.1, 0.15) is 6.10 Å². The first kappa shape index (κ1) is 11.7. The molecule has 0 aliphatic carbocycles. The van der Waals surface area contributed by atoms with Crippen molar-refractivity contribution in [1.29, 1.82) is 0 Å². The smallest absolute Gasteiger partial charge is 0.274 e. The Labute approximate surface area is 90.3 Å². The van der Waals surface area contributed by atoms with E-state index in [0.717, 1.165) is 0 Å². The number of rotatable bonds is 2. The number of aliphatic hydroxyl groups excluding tert-OH is 1. The Kier molecular flexibility index (Phi) is 3.35. The van der Waals surface area contributed by atoms with Crippen LogP contribution in [0.4, 0.5) is 8.78 Å². The van der Waals surface area contributed by atoms with Crippen LogP contribution in [0.25, 0.3) is 0 Å². The first-order chi connectivity index (χ1) is 6.32. The lowest BCUT2D eigenvalue weighted by atomic mass is 10.0. The summed E-state index contributed by atoms with van der Waals surface area (Å²) >= 11 is 11.2. The highest BCUT2D eigenvalue weighted by molar-refractivity contribution is 6.33. The zero-order valence-corrected chi connectivity index (χ0v) is 8.78. The summed E-state index contributed by atoms with van der Waals surface area (Å²) in [6.07, 6.45) is -1.94. The number of benzene rings is 1. The molecule has 1 unspecified atom stereocenters. The Morgan fingerprint density at radius 1 is 1.36 bits per heavy atom. The molecule has 0 aliphatic heterocycles. The summed E-state index contributed by atoms with van der Waals surface area (Å²) in [6, 6.07) is 4.06. The molecule has 0 bridgehead atoms. The van der Waals surface area contributed by atoms with Gasteiger partial charge in [0.15, 0.2) is 0 Å². The Balaban J connectivity index is 3.12. The van der Waals surface area contributed by atoms with Crippen LogP contribution in [0, 0.1) is 0 Å². The fraction of sp³-hybridized carbons (Fsp3) is 0.333. The van der Waals surface area contributed by atoms with Crippen LogP contribution in [-0.4, -0.2) is 11.0 Å². The SMILES string of the molecule is CC(F)(F)C(O)c1cc(Cl)ccc1Cl. The first-order valence-electron chi connectivity index (χ1n) is 3.83. The maximum atomic E-state index is 12.8. The number of halogens is 4. The molecule has 1 nitrogen and oxygen atoms in total. The van der Waals surface area contributed by atoms with E-state index in [1.165, 1.54) is 18.2 Å². The van der Waals surface area contributed by atoms with Crippen LogP contribution in [0.3, 0.4) is 0 Å². The summed E-state index contributed by atoms with van der Waals surface area (Å²) in [5.74, 6) is -3.24. The van der Waals surface area contributed by atoms with Crippen molar-refractivity contribution in [3.05, 3.63) is 33.8 Å². The van der Waals surface area contributed by atoms with Crippen molar-refractivity contribution in [3.8, 4) is 0 Å². The van der Waals surface area contributed by atoms with Crippen molar-refractivity contribution >= 4 is 23.2 Å². The molecule has 1 N–H and O–H groups in total. The van der Waals surface area contributed by atoms with E-state index in [9.17, 15) is 13.9 Å². The van der Waals surface area contributed by atoms with Crippen LogP contribution in [0.15, 0.2) is 18.2 Å². The second kappa shape index (κ2) is 4.01. The van der Waals surface area contributed by atoms with Crippen LogP contribution in [-0.2, 0) is 0 Å². The van der Waals surface area contributed by atoms with Crippen LogP contribution >= 0.6 is 23.2 Å². The van der Waals surface area contributed by atoms with Crippen LogP contribution in [0.5, 0.6) is 0 Å². The lowest BCUT2D eigenvalue weighted by Crippen LogP contribution is -2.22. The first-order valence-corrected chi connectivity index (χ1v) is 4.59. The van der Waals surface area contributed by atoms with E-state index in [1.807, 2.05) is 0 Å². The van der Waals surface area contributed by atoms with Crippen LogP contribution in [0.2, 0.25) is 10.0 Å². The van der Waals surface area contributed by atoms with E-state index in [-0.39, 0.29) is 15.6 Å². The second-order valence-corrected chi connectivity index (χ2v) is 3.87. The van der Waals surface area contributed by atoms with Gasteiger partial charge >= 0.3 is 0 Å². The van der Waals surface area contributed by atoms with Crippen LogP contribution in [0.1, 0.15) is 18.6 Å². The molecule has 5 heteroatoms. The minimum atomic E-state index is -3.24. The second-order valence-electron chi connectivity index (χ2n) is 3.02. The molecule has 0 spiro atoms. The number of hydrogen-bond acceptors (Lipinski definition) is 1. The van der Waals surface area contributed by atoms with Gasteiger partial charge in [-0.2, -0.15) is 0 Å². The van der Waals surface area contributed by atoms with Gasteiger partial charge in [-0.05, 0) is 18.2 Å². The standard InChI is InChI=1S/C9H8Cl2F2O/c1-9(12,13)8(14)6-4-5(10)2-3-7(6)11/h2-4,8,14H,1H3. The van der Waals surface area contributed by atoms with E-state index in [1.54, 1.807) is 0 Å². The van der Waals surface area contributed by atoms with Gasteiger partial charge in [0, 0.05) is 22.5 Å². The third-order valence-corrected chi connectivity index (χ3v) is 2.31. The minimum absolute atomic E-state index is 0.0633. The third-order valence-electron chi connectivity index (χ3n) is 1.73. The summed E-state index contributed by atoms with van der Waals surface area (Å²) in [6.45, 7) is 0.620. The predicted octanol–water partition coefficient (Wildman–Crippen LogP) is 3.68. The normalized spacial score (nSPS) is 14.1. The highest BCUT2D eigenvalue weighted by Crippen LogP contribution is 2.35. The monoisotopic (exact) mass is 240 g/mol. The maximum Gasteiger partial charge on any atom is 0.274 e. The van der Waals surface area contributed by atoms with E-state index in [4.69, 9.17) is 23.2 Å². The molecule has 1 aromatic carbocycles. The predicted molar refractivity (Wildman–Crippen MR) is 52.0 cm³/mol. The average Bonchev–Trinajstić information content (AvgIpc) is 2.06. The molecular formula is C9H8Cl2F2O. The molecule has 0 fully saturated rings. The van der Waals surface area contributed by atoms with Gasteiger partial charge in [0.05, 0.1) is 0 Å². The number of hydrogen-bond donors (Lipinski definition) is 1. The fourth-order valence-corrected chi connectivity index (χ4v) is 1.40. The van der Waals surface area contributed by atoms with Gasteiger partial charge < -0.3 is 5.11 Å². The average molecular weight is 241 g/mol. The lowest BCUT2D eigenvalue weighted by Gasteiger charge is -2.19. The van der Waals surface area contributed by atoms with Gasteiger partial charge in [0.2, 0.25) is 0 Å². The van der Waals surface area contributed by atoms with Crippen molar-refractivity contribution in [1.82, 2.24) is 0 Å². The Morgan fingerprint density at radius 2 is 1.93 bits per heavy atom. The summed E-state index contributed by atoms with van der Waals surface area (Å²) < 4.78 is 25.5. The van der Waals surface area contributed by atoms with Gasteiger partial charge in [-0.3, -0.25) is 0 Å². The molecule has 14 heavy (non-hydrogen) atoms. The molecule has 0 heterocycles. The van der Waals surface area contributed by atoms with Crippen molar-refractivity contribution in [2.24, 2.45) is 0 Å². The topological polar surface area (TPSA) is 20.2 Å². The van der Waals surface area contributed by atoms with E-state index in [2.05, 4.69) is 0 Å². The van der Waals surface area contributed by atoms with Gasteiger partial charge in [-0.15, -0.1) is 0 Å². The zero-order chi connectivity index (χ0) is 10.9. The molecule has 0 radical (unpaired) electrons. The molecule has 1 atom stereocenters. The molecule has 1 aromatic rings. The van der Waals surface area contributed by atoms with Crippen molar-refractivity contribution < 1.29 is 13.9 Å². The molecule has 78 valence electrons. The van der Waals surface area contributed by atoms with E-state index < -0.39 is 12.0 Å². The van der Waals surface area contributed by atoms with Gasteiger partial charge in [0.25, 0.3) is 5.92 Å². The molecule has 0 aromatic heterocycles. The van der Waals surface area contributed by atoms with Crippen molar-refractivity contribution in [2.75, 3.05) is 0 Å². The van der Waals surface area contributed by atoms with Gasteiger partial charge in [-0.25, -0.2) is 8.78 Å². The summed E-state index contributed by atoms with van der Waals surface area (Å²) in [7, 11) is 0. The molecule has 1 rings (SSSR count). The molecule has 0 aliphatic rings. The minimum Gasteiger partial charge on any atom is -0.382 e. The number of alkyl halides is 2. The van der Waals surface area contributed by atoms with Crippen LogP contribution < -0.4 is 0 Å². The third kappa shape index (κ3) is 2.56. The largest absolute Gasteiger partial charge is 0.382 e. The van der Waals surface area contributed by atoms with E-state index >= 15 is 0 Å². The van der Waals surface area contributed by atoms with Crippen molar-refractivity contribution in [3.63, 3.8) is 0 Å². The molecular weight excluding hydrogens is 233 g/mol. The molecule has 0 amide bonds. The summed E-state index contributed by atoms with van der Waals surface area (Å²) in [5, 5.41) is 9.60. The fourth-order valence-electron chi connectivity index (χ4n) is 0.997. The van der Waals surface area contributed by atoms with Crippen molar-refractivity contribution in [2.45, 2.75) is 19.0 Å². The number of aliphatic hydroxyl groups is 1. The molecule has 0 saturated heterocycles. The quantitative estimate of drug-likeness (QED) is 0.837. The van der Waals surface area contributed by atoms with E-state index in [0.29, 0.717) is 6.92 Å². The summed E-state index contributed by atoms with van der Waals surface area (Å²) in [5.41, 5.74) is -0.0633. The summed E-state index contributed by atoms with van der Waals surface area (Å²) in [4.78, 5) is 0. The highest BCUT2D eigenvalue weighted by atomic mass is 35.5. The Bertz CT molecular complexity index is 336.